The lowest BCUT2D eigenvalue weighted by Gasteiger charge is -2.09. The van der Waals surface area contributed by atoms with Crippen LogP contribution in [0.5, 0.6) is 0 Å². The van der Waals surface area contributed by atoms with Crippen molar-refractivity contribution < 1.29 is 4.79 Å². The van der Waals surface area contributed by atoms with Gasteiger partial charge < -0.3 is 5.32 Å². The number of benzene rings is 1. The van der Waals surface area contributed by atoms with Gasteiger partial charge in [0.2, 0.25) is 5.91 Å². The maximum atomic E-state index is 12.0. The van der Waals surface area contributed by atoms with Crippen molar-refractivity contribution in [3.05, 3.63) is 37.7 Å². The number of thioether (sulfide) groups is 1. The predicted octanol–water partition coefficient (Wildman–Crippen LogP) is 3.67. The third-order valence-corrected chi connectivity index (χ3v) is 4.56. The molecule has 1 amide bonds. The maximum absolute atomic E-state index is 12.0. The molecule has 1 heterocycles. The zero-order valence-electron chi connectivity index (χ0n) is 12.0. The molecule has 0 unspecified atom stereocenters. The Balaban J connectivity index is 2.03. The summed E-state index contributed by atoms with van der Waals surface area (Å²) >= 11 is 19.0. The highest BCUT2D eigenvalue weighted by Gasteiger charge is 2.14. The smallest absolute Gasteiger partial charge is 0.323 e. The van der Waals surface area contributed by atoms with Crippen LogP contribution in [0.3, 0.4) is 0 Å². The summed E-state index contributed by atoms with van der Waals surface area (Å²) in [6.07, 6.45) is 0.787. The number of hydrogen-bond donors (Lipinski definition) is 2. The summed E-state index contributed by atoms with van der Waals surface area (Å²) < 4.78 is 1.49. The van der Waals surface area contributed by atoms with Crippen LogP contribution < -0.4 is 11.0 Å². The van der Waals surface area contributed by atoms with Gasteiger partial charge >= 0.3 is 5.69 Å². The molecular weight excluding hydrogens is 383 g/mol. The minimum Gasteiger partial charge on any atom is -0.323 e. The predicted molar refractivity (Wildman–Crippen MR) is 94.0 cm³/mol. The fraction of sp³-hybridized carbons (Fsp3) is 0.308. The van der Waals surface area contributed by atoms with Gasteiger partial charge in [-0.05, 0) is 18.6 Å². The third-order valence-electron chi connectivity index (χ3n) is 2.77. The Morgan fingerprint density at radius 1 is 1.35 bits per heavy atom. The van der Waals surface area contributed by atoms with Gasteiger partial charge in [0, 0.05) is 11.6 Å². The summed E-state index contributed by atoms with van der Waals surface area (Å²) in [5, 5.41) is 10.2. The van der Waals surface area contributed by atoms with Crippen LogP contribution in [0.2, 0.25) is 15.1 Å². The lowest BCUT2D eigenvalue weighted by Crippen LogP contribution is -2.18. The van der Waals surface area contributed by atoms with Crippen molar-refractivity contribution in [2.45, 2.75) is 25.0 Å². The Labute approximate surface area is 151 Å². The number of hydrogen-bond acceptors (Lipinski definition) is 4. The van der Waals surface area contributed by atoms with Crippen molar-refractivity contribution in [1.29, 1.82) is 0 Å². The molecule has 0 spiro atoms. The first-order valence-electron chi connectivity index (χ1n) is 6.64. The van der Waals surface area contributed by atoms with Gasteiger partial charge in [-0.25, -0.2) is 9.89 Å². The standard InChI is InChI=1S/C13H13Cl3N4O2S/c1-2-3-20-12(22)18-19-13(20)23-6-10(21)17-11-8(15)4-7(14)5-9(11)16/h4-5H,2-3,6H2,1H3,(H,17,21)(H,18,22). The van der Waals surface area contributed by atoms with E-state index in [1.807, 2.05) is 6.92 Å². The highest BCUT2D eigenvalue weighted by atomic mass is 35.5. The first-order chi connectivity index (χ1) is 10.9. The van der Waals surface area contributed by atoms with Crippen molar-refractivity contribution in [2.75, 3.05) is 11.1 Å². The summed E-state index contributed by atoms with van der Waals surface area (Å²) in [5.74, 6) is -0.261. The number of aromatic nitrogens is 3. The molecule has 0 atom stereocenters. The van der Waals surface area contributed by atoms with Gasteiger partial charge in [0.1, 0.15) is 0 Å². The number of anilines is 1. The van der Waals surface area contributed by atoms with Crippen molar-refractivity contribution in [2.24, 2.45) is 0 Å². The number of H-pyrrole nitrogens is 1. The van der Waals surface area contributed by atoms with Crippen molar-refractivity contribution in [3.63, 3.8) is 0 Å². The Morgan fingerprint density at radius 3 is 2.61 bits per heavy atom. The van der Waals surface area contributed by atoms with Crippen molar-refractivity contribution in [1.82, 2.24) is 14.8 Å². The van der Waals surface area contributed by atoms with Gasteiger partial charge in [-0.15, -0.1) is 5.10 Å². The molecule has 0 saturated heterocycles. The van der Waals surface area contributed by atoms with Crippen LogP contribution in [0.15, 0.2) is 22.1 Å². The Bertz CT molecular complexity index is 752. The average molecular weight is 396 g/mol. The molecule has 0 radical (unpaired) electrons. The second-order valence-electron chi connectivity index (χ2n) is 4.54. The number of nitrogens with zero attached hydrogens (tertiary/aromatic N) is 2. The summed E-state index contributed by atoms with van der Waals surface area (Å²) in [5.41, 5.74) is 0.00913. The molecule has 0 fully saturated rings. The highest BCUT2D eigenvalue weighted by Crippen LogP contribution is 2.33. The van der Waals surface area contributed by atoms with Crippen LogP contribution in [0.1, 0.15) is 13.3 Å². The van der Waals surface area contributed by atoms with Crippen LogP contribution in [0, 0.1) is 0 Å². The van der Waals surface area contributed by atoms with Crippen LogP contribution in [0.4, 0.5) is 5.69 Å². The van der Waals surface area contributed by atoms with E-state index in [9.17, 15) is 9.59 Å². The molecule has 6 nitrogen and oxygen atoms in total. The van der Waals surface area contributed by atoms with E-state index in [4.69, 9.17) is 34.8 Å². The fourth-order valence-electron chi connectivity index (χ4n) is 1.80. The van der Waals surface area contributed by atoms with Gasteiger partial charge in [0.05, 0.1) is 21.5 Å². The fourth-order valence-corrected chi connectivity index (χ4v) is 3.49. The first kappa shape index (κ1) is 18.2. The van der Waals surface area contributed by atoms with E-state index < -0.39 is 0 Å². The number of carbonyl (C=O) groups is 1. The number of carbonyl (C=O) groups excluding carboxylic acids is 1. The Kier molecular flexibility index (Phi) is 6.41. The molecule has 0 aliphatic rings. The molecule has 2 rings (SSSR count). The largest absolute Gasteiger partial charge is 0.343 e. The van der Waals surface area contributed by atoms with Gasteiger partial charge in [-0.1, -0.05) is 53.5 Å². The molecule has 0 saturated carbocycles. The zero-order chi connectivity index (χ0) is 17.0. The molecule has 1 aromatic heterocycles. The van der Waals surface area contributed by atoms with Gasteiger partial charge in [0.25, 0.3) is 0 Å². The maximum Gasteiger partial charge on any atom is 0.343 e. The molecule has 0 bridgehead atoms. The summed E-state index contributed by atoms with van der Waals surface area (Å²) in [7, 11) is 0. The van der Waals surface area contributed by atoms with Crippen LogP contribution in [-0.2, 0) is 11.3 Å². The molecular formula is C13H13Cl3N4O2S. The third kappa shape index (κ3) is 4.67. The molecule has 1 aromatic carbocycles. The molecule has 0 aliphatic heterocycles. The zero-order valence-corrected chi connectivity index (χ0v) is 15.1. The Morgan fingerprint density at radius 2 is 2.00 bits per heavy atom. The normalized spacial score (nSPS) is 10.8. The lowest BCUT2D eigenvalue weighted by atomic mass is 10.3. The summed E-state index contributed by atoms with van der Waals surface area (Å²) in [4.78, 5) is 23.6. The first-order valence-corrected chi connectivity index (χ1v) is 8.76. The molecule has 0 aliphatic carbocycles. The second kappa shape index (κ2) is 8.10. The SMILES string of the molecule is CCCn1c(SCC(=O)Nc2c(Cl)cc(Cl)cc2Cl)n[nH]c1=O. The molecule has 2 N–H and O–H groups in total. The van der Waals surface area contributed by atoms with E-state index in [0.717, 1.165) is 18.2 Å². The van der Waals surface area contributed by atoms with Crippen molar-refractivity contribution in [3.8, 4) is 0 Å². The lowest BCUT2D eigenvalue weighted by molar-refractivity contribution is -0.113. The highest BCUT2D eigenvalue weighted by molar-refractivity contribution is 7.99. The molecule has 10 heteroatoms. The number of amides is 1. The van der Waals surface area contributed by atoms with Crippen molar-refractivity contribution >= 4 is 58.2 Å². The number of aromatic amines is 1. The van der Waals surface area contributed by atoms with E-state index in [-0.39, 0.29) is 27.4 Å². The molecule has 2 aromatic rings. The summed E-state index contributed by atoms with van der Waals surface area (Å²) in [6.45, 7) is 2.49. The van der Waals surface area contributed by atoms with E-state index in [1.165, 1.54) is 16.7 Å². The Hall–Kier alpha value is -1.15. The van der Waals surface area contributed by atoms with Gasteiger partial charge in [-0.3, -0.25) is 9.36 Å². The quantitative estimate of drug-likeness (QED) is 0.731. The molecule has 124 valence electrons. The van der Waals surface area contributed by atoms with Crippen LogP contribution >= 0.6 is 46.6 Å². The van der Waals surface area contributed by atoms with E-state index >= 15 is 0 Å². The second-order valence-corrected chi connectivity index (χ2v) is 6.74. The minimum absolute atomic E-state index is 0.0588. The topological polar surface area (TPSA) is 79.8 Å². The number of rotatable bonds is 6. The molecule has 23 heavy (non-hydrogen) atoms. The van der Waals surface area contributed by atoms with Crippen LogP contribution in [0.25, 0.3) is 0 Å². The van der Waals surface area contributed by atoms with Gasteiger partial charge in [0.15, 0.2) is 5.16 Å². The van der Waals surface area contributed by atoms with Gasteiger partial charge in [-0.2, -0.15) is 0 Å². The average Bonchev–Trinajstić information content (AvgIpc) is 2.82. The van der Waals surface area contributed by atoms with Crippen LogP contribution in [-0.4, -0.2) is 26.4 Å². The van der Waals surface area contributed by atoms with E-state index in [2.05, 4.69) is 15.5 Å². The van der Waals surface area contributed by atoms with E-state index in [0.29, 0.717) is 22.4 Å². The van der Waals surface area contributed by atoms with E-state index in [1.54, 1.807) is 0 Å². The monoisotopic (exact) mass is 394 g/mol. The minimum atomic E-state index is -0.320. The summed E-state index contributed by atoms with van der Waals surface area (Å²) in [6, 6.07) is 2.98. The number of halogens is 3. The number of nitrogens with one attached hydrogen (secondary N) is 2.